The fourth-order valence-electron chi connectivity index (χ4n) is 4.48. The third-order valence-electron chi connectivity index (χ3n) is 6.05. The molecular formula is C20H24N4O5. The van der Waals surface area contributed by atoms with Gasteiger partial charge in [-0.25, -0.2) is 4.79 Å². The molecular weight excluding hydrogens is 376 g/mol. The van der Waals surface area contributed by atoms with Crippen LogP contribution in [0.1, 0.15) is 43.2 Å². The molecule has 1 aromatic heterocycles. The van der Waals surface area contributed by atoms with Crippen LogP contribution in [-0.2, 0) is 21.4 Å². The van der Waals surface area contributed by atoms with E-state index in [1.807, 2.05) is 23.1 Å². The predicted octanol–water partition coefficient (Wildman–Crippen LogP) is 0.582. The highest BCUT2D eigenvalue weighted by atomic mass is 16.4. The van der Waals surface area contributed by atoms with Gasteiger partial charge in [-0.2, -0.15) is 0 Å². The molecule has 29 heavy (non-hydrogen) atoms. The van der Waals surface area contributed by atoms with Crippen molar-refractivity contribution in [3.05, 3.63) is 34.2 Å². The number of aryl methyl sites for hydroxylation is 1. The molecule has 9 nitrogen and oxygen atoms in total. The molecule has 2 aromatic rings. The Labute approximate surface area is 166 Å². The maximum Gasteiger partial charge on any atom is 0.329 e. The van der Waals surface area contributed by atoms with Crippen molar-refractivity contribution in [2.45, 2.75) is 37.6 Å². The number of fused-ring (bicyclic) bond motifs is 1. The Morgan fingerprint density at radius 1 is 1.14 bits per heavy atom. The van der Waals surface area contributed by atoms with Gasteiger partial charge < -0.3 is 5.11 Å². The van der Waals surface area contributed by atoms with Crippen molar-refractivity contribution in [2.24, 2.45) is 7.05 Å². The average Bonchev–Trinajstić information content (AvgIpc) is 2.93. The van der Waals surface area contributed by atoms with E-state index in [2.05, 4.69) is 5.32 Å². The topological polar surface area (TPSA) is 114 Å². The smallest absolute Gasteiger partial charge is 0.329 e. The molecule has 0 saturated carbocycles. The molecule has 2 aliphatic rings. The number of hydrogen-bond donors (Lipinski definition) is 2. The number of rotatable bonds is 4. The molecule has 3 heterocycles. The van der Waals surface area contributed by atoms with Crippen molar-refractivity contribution < 1.29 is 19.5 Å². The molecule has 2 N–H and O–H groups in total. The second kappa shape index (κ2) is 7.47. The summed E-state index contributed by atoms with van der Waals surface area (Å²) in [5.74, 6) is -1.25. The van der Waals surface area contributed by atoms with Crippen molar-refractivity contribution in [3.8, 4) is 0 Å². The van der Waals surface area contributed by atoms with Crippen LogP contribution >= 0.6 is 0 Å². The van der Waals surface area contributed by atoms with Crippen LogP contribution in [0.5, 0.6) is 0 Å². The molecule has 154 valence electrons. The molecule has 0 unspecified atom stereocenters. The minimum absolute atomic E-state index is 0.0645. The Morgan fingerprint density at radius 2 is 1.86 bits per heavy atom. The van der Waals surface area contributed by atoms with E-state index in [0.29, 0.717) is 17.9 Å². The first-order valence-electron chi connectivity index (χ1n) is 9.84. The standard InChI is InChI=1S/C20H24N4O5/c1-22-16-10-13(12-6-8-23(9-7-12)11-18(26)27)2-3-14(16)24(20(22)29)15-4-5-17(25)21-19(15)28/h2-3,10,12,15H,4-9,11H2,1H3,(H,26,27)(H,21,25,28)/t15-/m1/s1. The third kappa shape index (κ3) is 3.57. The normalized spacial score (nSPS) is 21.5. The number of nitrogens with zero attached hydrogens (tertiary/aromatic N) is 3. The number of imidazole rings is 1. The summed E-state index contributed by atoms with van der Waals surface area (Å²) in [4.78, 5) is 49.4. The van der Waals surface area contributed by atoms with Crippen LogP contribution in [0.4, 0.5) is 0 Å². The second-order valence-electron chi connectivity index (χ2n) is 7.87. The minimum Gasteiger partial charge on any atom is -0.480 e. The van der Waals surface area contributed by atoms with Gasteiger partial charge >= 0.3 is 11.7 Å². The Balaban J connectivity index is 1.62. The van der Waals surface area contributed by atoms with Crippen molar-refractivity contribution >= 4 is 28.8 Å². The van der Waals surface area contributed by atoms with Gasteiger partial charge in [-0.1, -0.05) is 6.07 Å². The highest BCUT2D eigenvalue weighted by Gasteiger charge is 2.31. The lowest BCUT2D eigenvalue weighted by atomic mass is 9.89. The number of imide groups is 1. The van der Waals surface area contributed by atoms with Gasteiger partial charge in [0.2, 0.25) is 11.8 Å². The summed E-state index contributed by atoms with van der Waals surface area (Å²) in [6.45, 7) is 1.52. The summed E-state index contributed by atoms with van der Waals surface area (Å²) in [6, 6.07) is 5.17. The number of carboxylic acid groups (broad SMARTS) is 1. The van der Waals surface area contributed by atoms with E-state index in [1.54, 1.807) is 11.6 Å². The van der Waals surface area contributed by atoms with Crippen LogP contribution in [-0.4, -0.2) is 56.6 Å². The van der Waals surface area contributed by atoms with E-state index >= 15 is 0 Å². The van der Waals surface area contributed by atoms with Crippen LogP contribution < -0.4 is 11.0 Å². The lowest BCUT2D eigenvalue weighted by molar-refractivity contribution is -0.139. The maximum absolute atomic E-state index is 12.8. The third-order valence-corrected chi connectivity index (χ3v) is 6.05. The summed E-state index contributed by atoms with van der Waals surface area (Å²) >= 11 is 0. The molecule has 2 aliphatic heterocycles. The monoisotopic (exact) mass is 400 g/mol. The first-order valence-corrected chi connectivity index (χ1v) is 9.84. The molecule has 9 heteroatoms. The first-order chi connectivity index (χ1) is 13.8. The van der Waals surface area contributed by atoms with Crippen LogP contribution in [0.3, 0.4) is 0 Å². The first kappa shape index (κ1) is 19.4. The van der Waals surface area contributed by atoms with E-state index in [9.17, 15) is 19.2 Å². The lowest BCUT2D eigenvalue weighted by Crippen LogP contribution is -2.44. The summed E-state index contributed by atoms with van der Waals surface area (Å²) < 4.78 is 3.03. The van der Waals surface area contributed by atoms with Crippen LogP contribution in [0.2, 0.25) is 0 Å². The van der Waals surface area contributed by atoms with E-state index in [1.165, 1.54) is 4.57 Å². The number of carbonyl (C=O) groups excluding carboxylic acids is 2. The largest absolute Gasteiger partial charge is 0.480 e. The quantitative estimate of drug-likeness (QED) is 0.726. The summed E-state index contributed by atoms with van der Waals surface area (Å²) in [5.41, 5.74) is 2.27. The number of amides is 2. The van der Waals surface area contributed by atoms with Gasteiger partial charge in [-0.3, -0.25) is 33.7 Å². The highest BCUT2D eigenvalue weighted by molar-refractivity contribution is 6.00. The molecule has 1 atom stereocenters. The second-order valence-corrected chi connectivity index (χ2v) is 7.87. The molecule has 0 spiro atoms. The SMILES string of the molecule is Cn1c(=O)n([C@@H]2CCC(=O)NC2=O)c2ccc(C3CCN(CC(=O)O)CC3)cc21. The number of benzene rings is 1. The summed E-state index contributed by atoms with van der Waals surface area (Å²) in [5, 5.41) is 11.3. The molecule has 0 bridgehead atoms. The molecule has 2 saturated heterocycles. The molecule has 4 rings (SSSR count). The average molecular weight is 400 g/mol. The zero-order valence-corrected chi connectivity index (χ0v) is 16.3. The fraction of sp³-hybridized carbons (Fsp3) is 0.500. The van der Waals surface area contributed by atoms with Gasteiger partial charge in [0.05, 0.1) is 17.6 Å². The molecule has 2 fully saturated rings. The number of aromatic nitrogens is 2. The Kier molecular flexibility index (Phi) is 4.99. The summed E-state index contributed by atoms with van der Waals surface area (Å²) in [7, 11) is 1.69. The molecule has 0 radical (unpaired) electrons. The number of nitrogens with one attached hydrogen (secondary N) is 1. The van der Waals surface area contributed by atoms with Crippen LogP contribution in [0, 0.1) is 0 Å². The highest BCUT2D eigenvalue weighted by Crippen LogP contribution is 2.31. The van der Waals surface area contributed by atoms with Crippen molar-refractivity contribution in [3.63, 3.8) is 0 Å². The van der Waals surface area contributed by atoms with Gasteiger partial charge in [-0.05, 0) is 56.0 Å². The van der Waals surface area contributed by atoms with Crippen molar-refractivity contribution in [2.75, 3.05) is 19.6 Å². The van der Waals surface area contributed by atoms with E-state index < -0.39 is 17.9 Å². The predicted molar refractivity (Wildman–Crippen MR) is 105 cm³/mol. The number of carboxylic acids is 1. The molecule has 2 amide bonds. The van der Waals surface area contributed by atoms with Crippen LogP contribution in [0.25, 0.3) is 11.0 Å². The van der Waals surface area contributed by atoms with Gasteiger partial charge in [-0.15, -0.1) is 0 Å². The lowest BCUT2D eigenvalue weighted by Gasteiger charge is -2.31. The maximum atomic E-state index is 12.8. The Morgan fingerprint density at radius 3 is 2.52 bits per heavy atom. The number of hydrogen-bond acceptors (Lipinski definition) is 5. The van der Waals surface area contributed by atoms with Gasteiger partial charge in [0.1, 0.15) is 6.04 Å². The van der Waals surface area contributed by atoms with E-state index in [4.69, 9.17) is 5.11 Å². The zero-order valence-electron chi connectivity index (χ0n) is 16.3. The van der Waals surface area contributed by atoms with Gasteiger partial charge in [0.15, 0.2) is 0 Å². The Hall–Kier alpha value is -2.94. The van der Waals surface area contributed by atoms with Crippen molar-refractivity contribution in [1.29, 1.82) is 0 Å². The zero-order chi connectivity index (χ0) is 20.7. The van der Waals surface area contributed by atoms with Crippen molar-refractivity contribution in [1.82, 2.24) is 19.4 Å². The number of carbonyl (C=O) groups is 3. The number of aliphatic carboxylic acids is 1. The number of likely N-dealkylation sites (tertiary alicyclic amines) is 1. The van der Waals surface area contributed by atoms with Gasteiger partial charge in [0, 0.05) is 13.5 Å². The van der Waals surface area contributed by atoms with E-state index in [0.717, 1.165) is 37.0 Å². The minimum atomic E-state index is -0.811. The summed E-state index contributed by atoms with van der Waals surface area (Å²) in [6.07, 6.45) is 2.25. The number of piperidine rings is 2. The Bertz CT molecular complexity index is 1050. The van der Waals surface area contributed by atoms with Gasteiger partial charge in [0.25, 0.3) is 0 Å². The molecule has 1 aromatic carbocycles. The van der Waals surface area contributed by atoms with E-state index in [-0.39, 0.29) is 24.6 Å². The fourth-order valence-corrected chi connectivity index (χ4v) is 4.48. The molecule has 0 aliphatic carbocycles. The van der Waals surface area contributed by atoms with Crippen LogP contribution in [0.15, 0.2) is 23.0 Å².